The molecule has 1 nitrogen and oxygen atoms in total. The molecule has 0 aromatic heterocycles. The predicted molar refractivity (Wildman–Crippen MR) is 59.2 cm³/mol. The van der Waals surface area contributed by atoms with Crippen molar-refractivity contribution in [2.24, 2.45) is 23.7 Å². The van der Waals surface area contributed by atoms with Crippen LogP contribution < -0.4 is 0 Å². The van der Waals surface area contributed by atoms with Gasteiger partial charge >= 0.3 is 0 Å². The van der Waals surface area contributed by atoms with Gasteiger partial charge in [0.2, 0.25) is 0 Å². The van der Waals surface area contributed by atoms with E-state index in [9.17, 15) is 0 Å². The van der Waals surface area contributed by atoms with Crippen LogP contribution in [0.25, 0.3) is 0 Å². The van der Waals surface area contributed by atoms with E-state index in [-0.39, 0.29) is 5.60 Å². The van der Waals surface area contributed by atoms with Gasteiger partial charge in [0.25, 0.3) is 0 Å². The molecule has 0 spiro atoms. The zero-order chi connectivity index (χ0) is 10.3. The minimum atomic E-state index is 0.158. The lowest BCUT2D eigenvalue weighted by Crippen LogP contribution is -2.50. The van der Waals surface area contributed by atoms with Gasteiger partial charge in [0, 0.05) is 7.11 Å². The molecule has 0 aromatic rings. The van der Waals surface area contributed by atoms with Crippen molar-refractivity contribution < 1.29 is 4.74 Å². The first-order valence-corrected chi connectivity index (χ1v) is 6.11. The molecule has 2 aliphatic carbocycles. The highest BCUT2D eigenvalue weighted by Crippen LogP contribution is 2.51. The lowest BCUT2D eigenvalue weighted by atomic mass is 9.58. The summed E-state index contributed by atoms with van der Waals surface area (Å²) in [7, 11) is 1.90. The molecule has 2 rings (SSSR count). The number of ether oxygens (including phenoxy) is 1. The van der Waals surface area contributed by atoms with E-state index < -0.39 is 0 Å². The second-order valence-corrected chi connectivity index (χ2v) is 5.90. The average Bonchev–Trinajstić information content (AvgIpc) is 2.13. The van der Waals surface area contributed by atoms with E-state index in [1.807, 2.05) is 7.11 Å². The van der Waals surface area contributed by atoms with Crippen LogP contribution in [-0.2, 0) is 4.74 Å². The maximum Gasteiger partial charge on any atom is 0.0704 e. The minimum absolute atomic E-state index is 0.158. The fourth-order valence-electron chi connectivity index (χ4n) is 3.91. The van der Waals surface area contributed by atoms with E-state index in [1.165, 1.54) is 25.7 Å². The van der Waals surface area contributed by atoms with Gasteiger partial charge in [-0.2, -0.15) is 0 Å². The highest BCUT2D eigenvalue weighted by Gasteiger charge is 2.47. The highest BCUT2D eigenvalue weighted by atomic mass is 16.5. The Kier molecular flexibility index (Phi) is 2.63. The van der Waals surface area contributed by atoms with Crippen molar-refractivity contribution >= 4 is 0 Å². The third-order valence-corrected chi connectivity index (χ3v) is 4.96. The van der Waals surface area contributed by atoms with E-state index in [0.717, 1.165) is 23.7 Å². The summed E-state index contributed by atoms with van der Waals surface area (Å²) >= 11 is 0. The molecular formula is C13H24O. The molecule has 0 heterocycles. The highest BCUT2D eigenvalue weighted by molar-refractivity contribution is 4.98. The molecule has 0 N–H and O–H groups in total. The standard InChI is InChI=1S/C13H24O/c1-9-5-11-7-10(2)13(3,14-4)12(6-9)8-11/h9-12H,5-8H2,1-4H3. The van der Waals surface area contributed by atoms with Crippen molar-refractivity contribution in [3.05, 3.63) is 0 Å². The first kappa shape index (κ1) is 10.5. The summed E-state index contributed by atoms with van der Waals surface area (Å²) in [4.78, 5) is 0. The third-order valence-electron chi connectivity index (χ3n) is 4.96. The number of rotatable bonds is 1. The first-order valence-electron chi connectivity index (χ1n) is 6.11. The maximum atomic E-state index is 5.82. The molecule has 0 aliphatic heterocycles. The van der Waals surface area contributed by atoms with Gasteiger partial charge in [-0.15, -0.1) is 0 Å². The van der Waals surface area contributed by atoms with Gasteiger partial charge in [0.15, 0.2) is 0 Å². The molecule has 2 saturated carbocycles. The van der Waals surface area contributed by atoms with Crippen molar-refractivity contribution in [2.45, 2.75) is 52.1 Å². The molecule has 82 valence electrons. The van der Waals surface area contributed by atoms with E-state index in [0.29, 0.717) is 0 Å². The van der Waals surface area contributed by atoms with Gasteiger partial charge in [0.05, 0.1) is 5.60 Å². The van der Waals surface area contributed by atoms with Crippen LogP contribution in [0.2, 0.25) is 0 Å². The van der Waals surface area contributed by atoms with Gasteiger partial charge in [-0.05, 0) is 56.3 Å². The first-order chi connectivity index (χ1) is 6.56. The van der Waals surface area contributed by atoms with Crippen molar-refractivity contribution in [3.63, 3.8) is 0 Å². The number of fused-ring (bicyclic) bond motifs is 2. The summed E-state index contributed by atoms with van der Waals surface area (Å²) in [6.07, 6.45) is 5.63. The molecule has 2 bridgehead atoms. The minimum Gasteiger partial charge on any atom is -0.378 e. The SMILES string of the molecule is COC1(C)C(C)CC2CC(C)CC1C2. The van der Waals surface area contributed by atoms with Crippen LogP contribution in [0.5, 0.6) is 0 Å². The molecule has 14 heavy (non-hydrogen) atoms. The molecule has 2 fully saturated rings. The van der Waals surface area contributed by atoms with E-state index in [1.54, 1.807) is 0 Å². The van der Waals surface area contributed by atoms with E-state index in [2.05, 4.69) is 20.8 Å². The van der Waals surface area contributed by atoms with Crippen LogP contribution in [0.1, 0.15) is 46.5 Å². The molecular weight excluding hydrogens is 172 g/mol. The maximum absolute atomic E-state index is 5.82. The smallest absolute Gasteiger partial charge is 0.0704 e. The fourth-order valence-corrected chi connectivity index (χ4v) is 3.91. The second kappa shape index (κ2) is 3.52. The quantitative estimate of drug-likeness (QED) is 0.624. The Morgan fingerprint density at radius 2 is 1.79 bits per heavy atom. The van der Waals surface area contributed by atoms with Crippen molar-refractivity contribution in [1.29, 1.82) is 0 Å². The average molecular weight is 196 g/mol. The third kappa shape index (κ3) is 1.50. The number of methoxy groups -OCH3 is 1. The molecule has 0 amide bonds. The molecule has 5 atom stereocenters. The topological polar surface area (TPSA) is 9.23 Å². The Labute approximate surface area is 88.2 Å². The van der Waals surface area contributed by atoms with Gasteiger partial charge in [-0.25, -0.2) is 0 Å². The molecule has 5 unspecified atom stereocenters. The molecule has 0 radical (unpaired) electrons. The summed E-state index contributed by atoms with van der Waals surface area (Å²) < 4.78 is 5.82. The van der Waals surface area contributed by atoms with Gasteiger partial charge < -0.3 is 4.74 Å². The van der Waals surface area contributed by atoms with Crippen LogP contribution in [0.4, 0.5) is 0 Å². The summed E-state index contributed by atoms with van der Waals surface area (Å²) in [5.41, 5.74) is 0.158. The zero-order valence-corrected chi connectivity index (χ0v) is 10.0. The molecule has 1 heteroatoms. The van der Waals surface area contributed by atoms with Crippen LogP contribution in [-0.4, -0.2) is 12.7 Å². The molecule has 0 aromatic carbocycles. The van der Waals surface area contributed by atoms with Gasteiger partial charge in [-0.3, -0.25) is 0 Å². The largest absolute Gasteiger partial charge is 0.378 e. The zero-order valence-electron chi connectivity index (χ0n) is 10.0. The normalized spacial score (nSPS) is 53.1. The summed E-state index contributed by atoms with van der Waals surface area (Å²) in [5, 5.41) is 0. The molecule has 2 aliphatic rings. The second-order valence-electron chi connectivity index (χ2n) is 5.90. The van der Waals surface area contributed by atoms with Gasteiger partial charge in [0.1, 0.15) is 0 Å². The Morgan fingerprint density at radius 3 is 2.43 bits per heavy atom. The Morgan fingerprint density at radius 1 is 1.07 bits per heavy atom. The van der Waals surface area contributed by atoms with Crippen molar-refractivity contribution in [1.82, 2.24) is 0 Å². The summed E-state index contributed by atoms with van der Waals surface area (Å²) in [6.45, 7) is 7.11. The Bertz CT molecular complexity index is 209. The van der Waals surface area contributed by atoms with E-state index in [4.69, 9.17) is 4.74 Å². The van der Waals surface area contributed by atoms with Crippen LogP contribution >= 0.6 is 0 Å². The lowest BCUT2D eigenvalue weighted by molar-refractivity contribution is -0.136. The summed E-state index contributed by atoms with van der Waals surface area (Å²) in [5.74, 6) is 3.46. The van der Waals surface area contributed by atoms with Crippen LogP contribution in [0.15, 0.2) is 0 Å². The molecule has 0 saturated heterocycles. The Balaban J connectivity index is 2.18. The number of hydrogen-bond acceptors (Lipinski definition) is 1. The monoisotopic (exact) mass is 196 g/mol. The van der Waals surface area contributed by atoms with Gasteiger partial charge in [-0.1, -0.05) is 13.8 Å². The van der Waals surface area contributed by atoms with Crippen molar-refractivity contribution in [3.8, 4) is 0 Å². The van der Waals surface area contributed by atoms with Crippen LogP contribution in [0.3, 0.4) is 0 Å². The summed E-state index contributed by atoms with van der Waals surface area (Å²) in [6, 6.07) is 0. The predicted octanol–water partition coefficient (Wildman–Crippen LogP) is 3.48. The van der Waals surface area contributed by atoms with Crippen molar-refractivity contribution in [2.75, 3.05) is 7.11 Å². The van der Waals surface area contributed by atoms with Crippen LogP contribution in [0, 0.1) is 23.7 Å². The Hall–Kier alpha value is -0.0400. The van der Waals surface area contributed by atoms with E-state index >= 15 is 0 Å². The number of hydrogen-bond donors (Lipinski definition) is 0. The fraction of sp³-hybridized carbons (Fsp3) is 1.00. The lowest BCUT2D eigenvalue weighted by Gasteiger charge is -2.52.